The molecule has 0 bridgehead atoms. The summed E-state index contributed by atoms with van der Waals surface area (Å²) in [6.07, 6.45) is 0.229. The van der Waals surface area contributed by atoms with Crippen molar-refractivity contribution in [2.45, 2.75) is 45.8 Å². The zero-order chi connectivity index (χ0) is 13.2. The fourth-order valence-electron chi connectivity index (χ4n) is 1.76. The highest BCUT2D eigenvalue weighted by Crippen LogP contribution is 2.33. The van der Waals surface area contributed by atoms with Crippen LogP contribution in [0.3, 0.4) is 0 Å². The summed E-state index contributed by atoms with van der Waals surface area (Å²) in [7, 11) is 1.87. The minimum atomic E-state index is -0.671. The monoisotopic (exact) mass is 239 g/mol. The van der Waals surface area contributed by atoms with Crippen molar-refractivity contribution in [1.82, 2.24) is 0 Å². The Bertz CT molecular complexity index is 388. The average Bonchev–Trinajstić information content (AvgIpc) is 2.27. The van der Waals surface area contributed by atoms with Gasteiger partial charge in [-0.3, -0.25) is 0 Å². The van der Waals surface area contributed by atoms with E-state index in [0.717, 1.165) is 6.42 Å². The average molecular weight is 239 g/mol. The van der Waals surface area contributed by atoms with Crippen LogP contribution < -0.4 is 4.90 Å². The Hall–Kier alpha value is -1.09. The first kappa shape index (κ1) is 14.0. The van der Waals surface area contributed by atoms with Crippen LogP contribution in [0.5, 0.6) is 0 Å². The maximum Gasteiger partial charge on any atom is 0.146 e. The zero-order valence-corrected chi connectivity index (χ0v) is 11.3. The van der Waals surface area contributed by atoms with Gasteiger partial charge in [0, 0.05) is 18.2 Å². The predicted molar refractivity (Wildman–Crippen MR) is 69.8 cm³/mol. The molecular formula is C14H22FNO. The first-order valence-electron chi connectivity index (χ1n) is 6.01. The number of aliphatic hydroxyl groups is 1. The minimum absolute atomic E-state index is 0.147. The molecule has 96 valence electrons. The van der Waals surface area contributed by atoms with E-state index in [2.05, 4.69) is 20.8 Å². The fourth-order valence-corrected chi connectivity index (χ4v) is 1.76. The van der Waals surface area contributed by atoms with Gasteiger partial charge in [0.2, 0.25) is 0 Å². The Morgan fingerprint density at radius 3 is 2.47 bits per heavy atom. The summed E-state index contributed by atoms with van der Waals surface area (Å²) >= 11 is 0. The Kier molecular flexibility index (Phi) is 4.15. The quantitative estimate of drug-likeness (QED) is 0.869. The van der Waals surface area contributed by atoms with E-state index in [4.69, 9.17) is 0 Å². The number of benzene rings is 1. The van der Waals surface area contributed by atoms with Crippen LogP contribution in [0.1, 0.15) is 45.8 Å². The molecule has 0 unspecified atom stereocenters. The summed E-state index contributed by atoms with van der Waals surface area (Å²) in [5, 5.41) is 9.72. The van der Waals surface area contributed by atoms with Gasteiger partial charge in [0.1, 0.15) is 5.82 Å². The van der Waals surface area contributed by atoms with Crippen molar-refractivity contribution in [3.8, 4) is 0 Å². The Morgan fingerprint density at radius 2 is 2.00 bits per heavy atom. The van der Waals surface area contributed by atoms with Crippen LogP contribution >= 0.6 is 0 Å². The summed E-state index contributed by atoms with van der Waals surface area (Å²) in [6.45, 7) is 7.85. The second kappa shape index (κ2) is 5.05. The van der Waals surface area contributed by atoms with Crippen LogP contribution in [-0.2, 0) is 0 Å². The largest absolute Gasteiger partial charge is 0.389 e. The molecule has 0 aliphatic carbocycles. The summed E-state index contributed by atoms with van der Waals surface area (Å²) in [4.78, 5) is 1.91. The van der Waals surface area contributed by atoms with E-state index in [-0.39, 0.29) is 11.4 Å². The molecule has 0 aliphatic rings. The van der Waals surface area contributed by atoms with Crippen LogP contribution in [-0.4, -0.2) is 17.7 Å². The van der Waals surface area contributed by atoms with Crippen molar-refractivity contribution in [2.24, 2.45) is 0 Å². The second-order valence-electron chi connectivity index (χ2n) is 5.08. The molecule has 0 fully saturated rings. The molecule has 0 saturated carbocycles. The molecule has 1 rings (SSSR count). The third-order valence-corrected chi connectivity index (χ3v) is 3.58. The van der Waals surface area contributed by atoms with E-state index < -0.39 is 6.10 Å². The van der Waals surface area contributed by atoms with Crippen molar-refractivity contribution in [2.75, 3.05) is 11.9 Å². The van der Waals surface area contributed by atoms with Gasteiger partial charge in [0.25, 0.3) is 0 Å². The molecule has 1 atom stereocenters. The molecule has 0 saturated heterocycles. The zero-order valence-electron chi connectivity index (χ0n) is 11.3. The predicted octanol–water partition coefficient (Wildman–Crippen LogP) is 3.50. The summed E-state index contributed by atoms with van der Waals surface area (Å²) in [5.74, 6) is -0.285. The second-order valence-corrected chi connectivity index (χ2v) is 5.08. The molecule has 1 aromatic carbocycles. The lowest BCUT2D eigenvalue weighted by Crippen LogP contribution is -2.41. The third kappa shape index (κ3) is 2.78. The molecule has 1 aromatic rings. The molecule has 3 heteroatoms. The molecule has 2 nitrogen and oxygen atoms in total. The van der Waals surface area contributed by atoms with Gasteiger partial charge in [-0.2, -0.15) is 0 Å². The number of para-hydroxylation sites is 1. The van der Waals surface area contributed by atoms with Gasteiger partial charge < -0.3 is 10.0 Å². The minimum Gasteiger partial charge on any atom is -0.389 e. The molecule has 17 heavy (non-hydrogen) atoms. The third-order valence-electron chi connectivity index (χ3n) is 3.58. The number of halogens is 1. The van der Waals surface area contributed by atoms with Gasteiger partial charge in [0.05, 0.1) is 11.8 Å². The van der Waals surface area contributed by atoms with Crippen LogP contribution in [0.15, 0.2) is 18.2 Å². The first-order valence-corrected chi connectivity index (χ1v) is 6.01. The van der Waals surface area contributed by atoms with Crippen LogP contribution in [0.25, 0.3) is 0 Å². The Balaban J connectivity index is 3.29. The lowest BCUT2D eigenvalue weighted by molar-refractivity contribution is 0.199. The van der Waals surface area contributed by atoms with Crippen LogP contribution in [0, 0.1) is 5.82 Å². The molecular weight excluding hydrogens is 217 g/mol. The molecule has 0 aliphatic heterocycles. The van der Waals surface area contributed by atoms with E-state index in [1.54, 1.807) is 19.1 Å². The van der Waals surface area contributed by atoms with E-state index >= 15 is 0 Å². The molecule has 0 heterocycles. The number of aliphatic hydroxyl groups excluding tert-OH is 1. The number of hydrogen-bond acceptors (Lipinski definition) is 2. The van der Waals surface area contributed by atoms with Gasteiger partial charge in [-0.05, 0) is 33.3 Å². The summed E-state index contributed by atoms with van der Waals surface area (Å²) in [6, 6.07) is 4.84. The van der Waals surface area contributed by atoms with Crippen molar-refractivity contribution < 1.29 is 9.50 Å². The molecule has 0 spiro atoms. The fraction of sp³-hybridized carbons (Fsp3) is 0.571. The first-order chi connectivity index (χ1) is 7.81. The van der Waals surface area contributed by atoms with E-state index in [0.29, 0.717) is 11.3 Å². The van der Waals surface area contributed by atoms with Crippen molar-refractivity contribution in [3.05, 3.63) is 29.6 Å². The van der Waals surface area contributed by atoms with E-state index in [1.165, 1.54) is 6.07 Å². The normalized spacial score (nSPS) is 13.6. The van der Waals surface area contributed by atoms with Gasteiger partial charge in [-0.1, -0.05) is 19.1 Å². The van der Waals surface area contributed by atoms with Gasteiger partial charge in [-0.25, -0.2) is 4.39 Å². The standard InChI is InChI=1S/C14H22FNO/c1-6-14(3,4)16(5)13-11(10(2)17)8-7-9-12(13)15/h7-10,17H,6H2,1-5H3/t10-/m1/s1. The lowest BCUT2D eigenvalue weighted by atomic mass is 9.97. The smallest absolute Gasteiger partial charge is 0.146 e. The van der Waals surface area contributed by atoms with Crippen LogP contribution in [0.4, 0.5) is 10.1 Å². The molecule has 1 N–H and O–H groups in total. The van der Waals surface area contributed by atoms with E-state index in [1.807, 2.05) is 11.9 Å². The molecule has 0 radical (unpaired) electrons. The van der Waals surface area contributed by atoms with Gasteiger partial charge in [-0.15, -0.1) is 0 Å². The maximum atomic E-state index is 14.0. The Morgan fingerprint density at radius 1 is 1.41 bits per heavy atom. The summed E-state index contributed by atoms with van der Waals surface area (Å²) in [5.41, 5.74) is 0.981. The highest BCUT2D eigenvalue weighted by atomic mass is 19.1. The number of anilines is 1. The molecule has 0 aromatic heterocycles. The maximum absolute atomic E-state index is 14.0. The number of rotatable bonds is 4. The van der Waals surface area contributed by atoms with Crippen molar-refractivity contribution >= 4 is 5.69 Å². The number of nitrogens with zero attached hydrogens (tertiary/aromatic N) is 1. The highest BCUT2D eigenvalue weighted by Gasteiger charge is 2.26. The van der Waals surface area contributed by atoms with Crippen molar-refractivity contribution in [1.29, 1.82) is 0 Å². The summed E-state index contributed by atoms with van der Waals surface area (Å²) < 4.78 is 14.0. The molecule has 0 amide bonds. The number of hydrogen-bond donors (Lipinski definition) is 1. The van der Waals surface area contributed by atoms with Crippen LogP contribution in [0.2, 0.25) is 0 Å². The SMILES string of the molecule is CCC(C)(C)N(C)c1c(F)cccc1[C@@H](C)O. The van der Waals surface area contributed by atoms with Gasteiger partial charge >= 0.3 is 0 Å². The lowest BCUT2D eigenvalue weighted by Gasteiger charge is -2.38. The van der Waals surface area contributed by atoms with Crippen molar-refractivity contribution in [3.63, 3.8) is 0 Å². The van der Waals surface area contributed by atoms with E-state index in [9.17, 15) is 9.50 Å². The topological polar surface area (TPSA) is 23.5 Å². The highest BCUT2D eigenvalue weighted by molar-refractivity contribution is 5.56. The Labute approximate surface area is 103 Å². The van der Waals surface area contributed by atoms with Gasteiger partial charge in [0.15, 0.2) is 0 Å².